The first-order valence-corrected chi connectivity index (χ1v) is 5.36. The summed E-state index contributed by atoms with van der Waals surface area (Å²) in [6.45, 7) is 0.538. The Hall–Kier alpha value is -1.00. The summed E-state index contributed by atoms with van der Waals surface area (Å²) in [5, 5.41) is 5.72. The molecule has 6 heteroatoms. The smallest absolute Gasteiger partial charge is 0.320 e. The lowest BCUT2D eigenvalue weighted by molar-refractivity contribution is 0.252. The minimum absolute atomic E-state index is 0.310. The molecule has 0 bridgehead atoms. The van der Waals surface area contributed by atoms with Gasteiger partial charge in [0.1, 0.15) is 5.82 Å². The quantitative estimate of drug-likeness (QED) is 0.635. The summed E-state index contributed by atoms with van der Waals surface area (Å²) < 4.78 is 0. The molecular formula is C9H11Cl2N3O. The van der Waals surface area contributed by atoms with Crippen molar-refractivity contribution in [2.45, 2.75) is 6.42 Å². The van der Waals surface area contributed by atoms with Crippen molar-refractivity contribution in [3.63, 3.8) is 0 Å². The van der Waals surface area contributed by atoms with Gasteiger partial charge in [-0.05, 0) is 18.6 Å². The highest BCUT2D eigenvalue weighted by molar-refractivity contribution is 6.30. The summed E-state index contributed by atoms with van der Waals surface area (Å²) in [5.41, 5.74) is 0. The fourth-order valence-corrected chi connectivity index (χ4v) is 1.20. The summed E-state index contributed by atoms with van der Waals surface area (Å²) in [6, 6.07) is 2.90. The second-order valence-electron chi connectivity index (χ2n) is 2.78. The average molecular weight is 248 g/mol. The van der Waals surface area contributed by atoms with Crippen LogP contribution in [-0.2, 0) is 0 Å². The van der Waals surface area contributed by atoms with E-state index in [1.54, 1.807) is 12.1 Å². The topological polar surface area (TPSA) is 54.0 Å². The van der Waals surface area contributed by atoms with Gasteiger partial charge in [-0.25, -0.2) is 9.78 Å². The van der Waals surface area contributed by atoms with Crippen molar-refractivity contribution in [3.8, 4) is 0 Å². The van der Waals surface area contributed by atoms with Gasteiger partial charge in [0.15, 0.2) is 0 Å². The largest absolute Gasteiger partial charge is 0.338 e. The van der Waals surface area contributed by atoms with Crippen LogP contribution in [0.1, 0.15) is 6.42 Å². The molecule has 1 aromatic heterocycles. The van der Waals surface area contributed by atoms with Crippen LogP contribution < -0.4 is 10.6 Å². The van der Waals surface area contributed by atoms with Crippen molar-refractivity contribution < 1.29 is 4.79 Å². The van der Waals surface area contributed by atoms with Crippen molar-refractivity contribution in [1.82, 2.24) is 10.3 Å². The zero-order chi connectivity index (χ0) is 11.1. The number of halogens is 2. The van der Waals surface area contributed by atoms with Gasteiger partial charge in [0, 0.05) is 23.6 Å². The number of aromatic nitrogens is 1. The molecule has 0 radical (unpaired) electrons. The third-order valence-electron chi connectivity index (χ3n) is 1.56. The van der Waals surface area contributed by atoms with Crippen LogP contribution in [0, 0.1) is 0 Å². The minimum Gasteiger partial charge on any atom is -0.338 e. The summed E-state index contributed by atoms with van der Waals surface area (Å²) in [5.74, 6) is 0.946. The highest BCUT2D eigenvalue weighted by Crippen LogP contribution is 2.11. The van der Waals surface area contributed by atoms with Crippen LogP contribution in [0.25, 0.3) is 0 Å². The first-order valence-electron chi connectivity index (χ1n) is 4.45. The van der Waals surface area contributed by atoms with Gasteiger partial charge in [0.05, 0.1) is 0 Å². The molecule has 1 aromatic rings. The average Bonchev–Trinajstić information content (AvgIpc) is 2.18. The Morgan fingerprint density at radius 3 is 3.00 bits per heavy atom. The molecule has 82 valence electrons. The van der Waals surface area contributed by atoms with E-state index < -0.39 is 0 Å². The molecule has 0 aliphatic heterocycles. The number of amides is 2. The van der Waals surface area contributed by atoms with Crippen molar-refractivity contribution in [1.29, 1.82) is 0 Å². The van der Waals surface area contributed by atoms with Crippen molar-refractivity contribution in [3.05, 3.63) is 23.4 Å². The number of hydrogen-bond acceptors (Lipinski definition) is 2. The number of urea groups is 1. The van der Waals surface area contributed by atoms with Crippen LogP contribution in [-0.4, -0.2) is 23.4 Å². The summed E-state index contributed by atoms with van der Waals surface area (Å²) in [4.78, 5) is 15.2. The predicted molar refractivity (Wildman–Crippen MR) is 61.6 cm³/mol. The van der Waals surface area contributed by atoms with Crippen LogP contribution in [0.3, 0.4) is 0 Å². The maximum Gasteiger partial charge on any atom is 0.320 e. The van der Waals surface area contributed by atoms with Gasteiger partial charge in [-0.1, -0.05) is 11.6 Å². The zero-order valence-electron chi connectivity index (χ0n) is 7.96. The van der Waals surface area contributed by atoms with E-state index in [-0.39, 0.29) is 6.03 Å². The van der Waals surface area contributed by atoms with Crippen LogP contribution in [0.4, 0.5) is 10.6 Å². The van der Waals surface area contributed by atoms with Crippen molar-refractivity contribution >= 4 is 35.1 Å². The molecular weight excluding hydrogens is 237 g/mol. The number of nitrogens with zero attached hydrogens (tertiary/aromatic N) is 1. The van der Waals surface area contributed by atoms with E-state index in [0.29, 0.717) is 23.3 Å². The second-order valence-corrected chi connectivity index (χ2v) is 3.60. The first kappa shape index (κ1) is 12.1. The van der Waals surface area contributed by atoms with Gasteiger partial charge < -0.3 is 5.32 Å². The van der Waals surface area contributed by atoms with Gasteiger partial charge in [0.25, 0.3) is 0 Å². The molecule has 1 rings (SSSR count). The zero-order valence-corrected chi connectivity index (χ0v) is 9.48. The predicted octanol–water partition coefficient (Wildman–Crippen LogP) is 2.49. The molecule has 0 aromatic carbocycles. The number of pyridine rings is 1. The number of hydrogen-bond donors (Lipinski definition) is 2. The number of anilines is 1. The molecule has 0 saturated carbocycles. The maximum absolute atomic E-state index is 11.3. The van der Waals surface area contributed by atoms with Crippen molar-refractivity contribution in [2.75, 3.05) is 17.7 Å². The first-order chi connectivity index (χ1) is 7.22. The van der Waals surface area contributed by atoms with E-state index in [1.807, 2.05) is 0 Å². The van der Waals surface area contributed by atoms with E-state index in [4.69, 9.17) is 23.2 Å². The molecule has 2 N–H and O–H groups in total. The Kier molecular flexibility index (Phi) is 5.21. The number of carbonyl (C=O) groups excluding carboxylic acids is 1. The summed E-state index contributed by atoms with van der Waals surface area (Å²) in [7, 11) is 0. The lowest BCUT2D eigenvalue weighted by Crippen LogP contribution is -2.30. The molecule has 15 heavy (non-hydrogen) atoms. The second kappa shape index (κ2) is 6.48. The third kappa shape index (κ3) is 4.85. The molecule has 0 aliphatic carbocycles. The number of alkyl halides is 1. The Bertz CT molecular complexity index is 333. The maximum atomic E-state index is 11.3. The van der Waals surface area contributed by atoms with Gasteiger partial charge >= 0.3 is 6.03 Å². The Labute approximate surface area is 98.0 Å². The normalized spacial score (nSPS) is 9.73. The molecule has 0 aliphatic rings. The summed E-state index contributed by atoms with van der Waals surface area (Å²) in [6.07, 6.45) is 2.26. The van der Waals surface area contributed by atoms with E-state index in [1.165, 1.54) is 6.20 Å². The molecule has 0 spiro atoms. The molecule has 0 saturated heterocycles. The fraction of sp³-hybridized carbons (Fsp3) is 0.333. The van der Waals surface area contributed by atoms with E-state index in [2.05, 4.69) is 15.6 Å². The highest BCUT2D eigenvalue weighted by atomic mass is 35.5. The highest BCUT2D eigenvalue weighted by Gasteiger charge is 2.01. The van der Waals surface area contributed by atoms with Gasteiger partial charge in [0.2, 0.25) is 0 Å². The Morgan fingerprint density at radius 1 is 1.53 bits per heavy atom. The molecule has 0 fully saturated rings. The van der Waals surface area contributed by atoms with Gasteiger partial charge in [-0.15, -0.1) is 11.6 Å². The summed E-state index contributed by atoms with van der Waals surface area (Å²) >= 11 is 11.2. The molecule has 0 unspecified atom stereocenters. The van der Waals surface area contributed by atoms with Crippen LogP contribution in [0.15, 0.2) is 18.3 Å². The van der Waals surface area contributed by atoms with Crippen molar-refractivity contribution in [2.24, 2.45) is 0 Å². The standard InChI is InChI=1S/C9H11Cl2N3O/c10-3-1-4-13-9(15)14-8-6-7(11)2-5-12-8/h2,5-6H,1,3-4H2,(H2,12,13,14,15). The fourth-order valence-electron chi connectivity index (χ4n) is 0.902. The van der Waals surface area contributed by atoms with Gasteiger partial charge in [-0.3, -0.25) is 5.32 Å². The number of rotatable bonds is 4. The molecule has 0 atom stereocenters. The molecule has 4 nitrogen and oxygen atoms in total. The Morgan fingerprint density at radius 2 is 2.33 bits per heavy atom. The Balaban J connectivity index is 2.37. The molecule has 2 amide bonds. The number of carbonyl (C=O) groups is 1. The van der Waals surface area contributed by atoms with Gasteiger partial charge in [-0.2, -0.15) is 0 Å². The third-order valence-corrected chi connectivity index (χ3v) is 2.06. The van der Waals surface area contributed by atoms with E-state index >= 15 is 0 Å². The minimum atomic E-state index is -0.310. The lowest BCUT2D eigenvalue weighted by Gasteiger charge is -2.05. The SMILES string of the molecule is O=C(NCCCCl)Nc1cc(Cl)ccn1. The number of nitrogens with one attached hydrogen (secondary N) is 2. The van der Waals surface area contributed by atoms with E-state index in [0.717, 1.165) is 6.42 Å². The van der Waals surface area contributed by atoms with E-state index in [9.17, 15) is 4.79 Å². The molecule has 1 heterocycles. The monoisotopic (exact) mass is 247 g/mol. The van der Waals surface area contributed by atoms with Crippen LogP contribution in [0.2, 0.25) is 5.02 Å². The lowest BCUT2D eigenvalue weighted by atomic mass is 10.4. The van der Waals surface area contributed by atoms with Crippen LogP contribution >= 0.6 is 23.2 Å². The van der Waals surface area contributed by atoms with Crippen LogP contribution in [0.5, 0.6) is 0 Å².